The fraction of sp³-hybridized carbons (Fsp3) is 0. The highest BCUT2D eigenvalue weighted by molar-refractivity contribution is 6.26. The Morgan fingerprint density at radius 3 is 1.63 bits per heavy atom. The Labute approximate surface area is 326 Å². The summed E-state index contributed by atoms with van der Waals surface area (Å²) in [5, 5.41) is 6.95. The molecule has 266 valence electrons. The number of furan rings is 1. The van der Waals surface area contributed by atoms with Crippen LogP contribution in [0.5, 0.6) is 0 Å². The Balaban J connectivity index is 1.09. The molecule has 12 rings (SSSR count). The van der Waals surface area contributed by atoms with E-state index in [0.29, 0.717) is 17.5 Å². The third-order valence-corrected chi connectivity index (χ3v) is 11.2. The topological polar surface area (TPSA) is 61.7 Å². The van der Waals surface area contributed by atoms with Gasteiger partial charge in [-0.05, 0) is 54.6 Å². The number of fused-ring (bicyclic) bond motifs is 10. The SMILES string of the molecule is c1ccc(-c2nc(-c3ccccc3)nc(-c3ccc4c(c3)oc3cccc(-n5c6ccccc6c6c5ccc5c7ccccc7n(-c7ccccc7)c56)c34)n2)cc1. The molecule has 0 aliphatic rings. The van der Waals surface area contributed by atoms with E-state index in [1.54, 1.807) is 0 Å². The van der Waals surface area contributed by atoms with Gasteiger partial charge in [0.1, 0.15) is 11.2 Å². The molecular formula is C51H31N5O. The zero-order valence-corrected chi connectivity index (χ0v) is 30.5. The molecule has 0 radical (unpaired) electrons. The van der Waals surface area contributed by atoms with Gasteiger partial charge in [-0.15, -0.1) is 0 Å². The highest BCUT2D eigenvalue weighted by Gasteiger charge is 2.23. The number of hydrogen-bond acceptors (Lipinski definition) is 4. The van der Waals surface area contributed by atoms with Crippen molar-refractivity contribution in [3.63, 3.8) is 0 Å². The second-order valence-electron chi connectivity index (χ2n) is 14.4. The van der Waals surface area contributed by atoms with E-state index in [1.807, 2.05) is 60.7 Å². The van der Waals surface area contributed by atoms with Crippen LogP contribution >= 0.6 is 0 Å². The molecule has 0 bridgehead atoms. The van der Waals surface area contributed by atoms with E-state index >= 15 is 0 Å². The van der Waals surface area contributed by atoms with Gasteiger partial charge < -0.3 is 13.6 Å². The lowest BCUT2D eigenvalue weighted by Crippen LogP contribution is -2.00. The van der Waals surface area contributed by atoms with Crippen LogP contribution in [0.25, 0.3) is 111 Å². The first-order chi connectivity index (χ1) is 28.3. The van der Waals surface area contributed by atoms with Gasteiger partial charge in [-0.3, -0.25) is 0 Å². The third kappa shape index (κ3) is 4.81. The first-order valence-electron chi connectivity index (χ1n) is 19.1. The molecule has 0 unspecified atom stereocenters. The van der Waals surface area contributed by atoms with Gasteiger partial charge in [0, 0.05) is 49.3 Å². The van der Waals surface area contributed by atoms with E-state index in [1.165, 1.54) is 32.6 Å². The summed E-state index contributed by atoms with van der Waals surface area (Å²) in [5.74, 6) is 1.84. The molecule has 4 aromatic heterocycles. The molecule has 0 N–H and O–H groups in total. The number of aromatic nitrogens is 5. The molecule has 0 aliphatic carbocycles. The molecule has 0 aliphatic heterocycles. The molecule has 6 nitrogen and oxygen atoms in total. The van der Waals surface area contributed by atoms with Gasteiger partial charge in [0.25, 0.3) is 0 Å². The molecule has 6 heteroatoms. The number of benzene rings is 8. The van der Waals surface area contributed by atoms with Crippen LogP contribution in [0.3, 0.4) is 0 Å². The highest BCUT2D eigenvalue weighted by atomic mass is 16.3. The van der Waals surface area contributed by atoms with Crippen LogP contribution in [0.2, 0.25) is 0 Å². The summed E-state index contributed by atoms with van der Waals surface area (Å²) in [6, 6.07) is 65.5. The Bertz CT molecular complexity index is 3450. The Hall–Kier alpha value is -7.83. The molecule has 0 saturated carbocycles. The summed E-state index contributed by atoms with van der Waals surface area (Å²) in [5.41, 5.74) is 11.2. The van der Waals surface area contributed by atoms with Crippen molar-refractivity contribution in [2.45, 2.75) is 0 Å². The van der Waals surface area contributed by atoms with E-state index in [4.69, 9.17) is 19.4 Å². The average molecular weight is 730 g/mol. The van der Waals surface area contributed by atoms with Gasteiger partial charge in [0.05, 0.1) is 33.1 Å². The fourth-order valence-electron chi connectivity index (χ4n) is 8.68. The fourth-order valence-corrected chi connectivity index (χ4v) is 8.68. The summed E-state index contributed by atoms with van der Waals surface area (Å²) >= 11 is 0. The molecule has 0 spiro atoms. The largest absolute Gasteiger partial charge is 0.456 e. The summed E-state index contributed by atoms with van der Waals surface area (Å²) < 4.78 is 11.5. The van der Waals surface area contributed by atoms with Crippen LogP contribution in [0.1, 0.15) is 0 Å². The maximum atomic E-state index is 6.71. The van der Waals surface area contributed by atoms with E-state index in [0.717, 1.165) is 61.0 Å². The van der Waals surface area contributed by atoms with Gasteiger partial charge in [-0.2, -0.15) is 0 Å². The average Bonchev–Trinajstić information content (AvgIpc) is 3.94. The second kappa shape index (κ2) is 12.3. The first kappa shape index (κ1) is 31.5. The number of para-hydroxylation sites is 3. The lowest BCUT2D eigenvalue weighted by Gasteiger charge is -2.11. The lowest BCUT2D eigenvalue weighted by molar-refractivity contribution is 0.669. The Morgan fingerprint density at radius 2 is 0.930 bits per heavy atom. The molecule has 12 aromatic rings. The zero-order valence-electron chi connectivity index (χ0n) is 30.5. The lowest BCUT2D eigenvalue weighted by atomic mass is 10.1. The van der Waals surface area contributed by atoms with Crippen molar-refractivity contribution in [3.05, 3.63) is 188 Å². The Morgan fingerprint density at radius 1 is 0.351 bits per heavy atom. The smallest absolute Gasteiger partial charge is 0.164 e. The maximum Gasteiger partial charge on any atom is 0.164 e. The predicted molar refractivity (Wildman–Crippen MR) is 232 cm³/mol. The molecule has 57 heavy (non-hydrogen) atoms. The van der Waals surface area contributed by atoms with Crippen LogP contribution in [0, 0.1) is 0 Å². The standard InChI is InChI=1S/C51H31N5O/c1-4-15-32(16-5-1)49-52-50(33-17-6-2-7-18-33)54-51(53-49)34-27-28-39-45(31-34)57-44-26-14-25-42(46(39)44)56-41-24-13-11-22-38(41)47-43(56)30-29-37-36-21-10-12-23-40(36)55(48(37)47)35-19-8-3-9-20-35/h1-31H. The molecule has 8 aromatic carbocycles. The molecule has 0 saturated heterocycles. The van der Waals surface area contributed by atoms with Gasteiger partial charge in [0.15, 0.2) is 17.5 Å². The van der Waals surface area contributed by atoms with Crippen LogP contribution in [0.4, 0.5) is 0 Å². The minimum atomic E-state index is 0.588. The number of hydrogen-bond donors (Lipinski definition) is 0. The van der Waals surface area contributed by atoms with Crippen LogP contribution < -0.4 is 0 Å². The van der Waals surface area contributed by atoms with E-state index in [-0.39, 0.29) is 0 Å². The van der Waals surface area contributed by atoms with Crippen molar-refractivity contribution < 1.29 is 4.42 Å². The molecule has 4 heterocycles. The molecule has 0 atom stereocenters. The number of nitrogens with zero attached hydrogens (tertiary/aromatic N) is 5. The summed E-state index contributed by atoms with van der Waals surface area (Å²) in [4.78, 5) is 14.9. The van der Waals surface area contributed by atoms with E-state index < -0.39 is 0 Å². The van der Waals surface area contributed by atoms with Crippen LogP contribution in [-0.4, -0.2) is 24.1 Å². The quantitative estimate of drug-likeness (QED) is 0.177. The highest BCUT2D eigenvalue weighted by Crippen LogP contribution is 2.44. The summed E-state index contributed by atoms with van der Waals surface area (Å²) in [6.45, 7) is 0. The van der Waals surface area contributed by atoms with E-state index in [2.05, 4.69) is 137 Å². The van der Waals surface area contributed by atoms with Gasteiger partial charge in [-0.25, -0.2) is 15.0 Å². The van der Waals surface area contributed by atoms with Gasteiger partial charge >= 0.3 is 0 Å². The third-order valence-electron chi connectivity index (χ3n) is 11.2. The van der Waals surface area contributed by atoms with Crippen molar-refractivity contribution in [2.24, 2.45) is 0 Å². The predicted octanol–water partition coefficient (Wildman–Crippen LogP) is 13.0. The first-order valence-corrected chi connectivity index (χ1v) is 19.1. The summed E-state index contributed by atoms with van der Waals surface area (Å²) in [6.07, 6.45) is 0. The van der Waals surface area contributed by atoms with Crippen LogP contribution in [-0.2, 0) is 0 Å². The minimum Gasteiger partial charge on any atom is -0.456 e. The number of rotatable bonds is 5. The second-order valence-corrected chi connectivity index (χ2v) is 14.4. The Kier molecular flexibility index (Phi) is 6.83. The minimum absolute atomic E-state index is 0.588. The van der Waals surface area contributed by atoms with Crippen molar-refractivity contribution in [1.82, 2.24) is 24.1 Å². The van der Waals surface area contributed by atoms with Crippen LogP contribution in [0.15, 0.2) is 192 Å². The maximum absolute atomic E-state index is 6.71. The van der Waals surface area contributed by atoms with E-state index in [9.17, 15) is 0 Å². The van der Waals surface area contributed by atoms with Gasteiger partial charge in [0.2, 0.25) is 0 Å². The summed E-state index contributed by atoms with van der Waals surface area (Å²) in [7, 11) is 0. The zero-order chi connectivity index (χ0) is 37.5. The van der Waals surface area contributed by atoms with Crippen molar-refractivity contribution >= 4 is 65.6 Å². The van der Waals surface area contributed by atoms with Crippen molar-refractivity contribution in [3.8, 4) is 45.5 Å². The molecular weight excluding hydrogens is 699 g/mol. The van der Waals surface area contributed by atoms with Crippen molar-refractivity contribution in [2.75, 3.05) is 0 Å². The molecule has 0 amide bonds. The monoisotopic (exact) mass is 729 g/mol. The van der Waals surface area contributed by atoms with Gasteiger partial charge in [-0.1, -0.05) is 133 Å². The van der Waals surface area contributed by atoms with Crippen molar-refractivity contribution in [1.29, 1.82) is 0 Å². The normalized spacial score (nSPS) is 11.9. The molecule has 0 fully saturated rings.